The summed E-state index contributed by atoms with van der Waals surface area (Å²) in [4.78, 5) is 28.3. The largest absolute Gasteiger partial charge is 0.460 e. The van der Waals surface area contributed by atoms with Gasteiger partial charge in [-0.1, -0.05) is 24.3 Å². The van der Waals surface area contributed by atoms with E-state index in [1.165, 1.54) is 22.7 Å². The van der Waals surface area contributed by atoms with Crippen molar-refractivity contribution in [3.05, 3.63) is 57.6 Å². The second kappa shape index (κ2) is 8.84. The highest BCUT2D eigenvalue weighted by Crippen LogP contribution is 2.41. The highest BCUT2D eigenvalue weighted by Gasteiger charge is 2.45. The highest BCUT2D eigenvalue weighted by molar-refractivity contribution is 7.19. The van der Waals surface area contributed by atoms with Gasteiger partial charge in [0, 0.05) is 30.6 Å². The molecule has 0 radical (unpaired) electrons. The minimum absolute atomic E-state index is 0.359. The number of hydrogen-bond donors (Lipinski definition) is 1. The molecule has 170 valence electrons. The SMILES string of the molecule is CC(C)(C)OC(=O)N1CCC(OC(=O)C(O)(c2cccs2)c2cc3ccccc3s2)CC1. The molecule has 1 aliphatic rings. The number of esters is 1. The molecule has 1 N–H and O–H groups in total. The first-order valence-corrected chi connectivity index (χ1v) is 12.3. The standard InChI is InChI=1S/C24H27NO5S2/c1-23(2,3)30-22(27)25-12-10-17(11-13-25)29-21(26)24(28,19-9-6-14-31-19)20-15-16-7-4-5-8-18(16)32-20/h4-9,14-15,17,28H,10-13H2,1-3H3. The average molecular weight is 474 g/mol. The zero-order valence-electron chi connectivity index (χ0n) is 18.4. The molecule has 4 rings (SSSR count). The van der Waals surface area contributed by atoms with Crippen LogP contribution in [0.4, 0.5) is 4.79 Å². The molecule has 1 amide bonds. The van der Waals surface area contributed by atoms with E-state index in [2.05, 4.69) is 0 Å². The van der Waals surface area contributed by atoms with Gasteiger partial charge in [-0.2, -0.15) is 0 Å². The average Bonchev–Trinajstić information content (AvgIpc) is 3.42. The molecule has 1 saturated heterocycles. The zero-order chi connectivity index (χ0) is 22.9. The van der Waals surface area contributed by atoms with Crippen LogP contribution in [0.1, 0.15) is 43.4 Å². The predicted molar refractivity (Wildman–Crippen MR) is 126 cm³/mol. The predicted octanol–water partition coefficient (Wildman–Crippen LogP) is 5.14. The maximum Gasteiger partial charge on any atom is 0.410 e. The number of piperidine rings is 1. The summed E-state index contributed by atoms with van der Waals surface area (Å²) >= 11 is 2.71. The fourth-order valence-corrected chi connectivity index (χ4v) is 5.73. The van der Waals surface area contributed by atoms with Crippen LogP contribution in [0.2, 0.25) is 0 Å². The van der Waals surface area contributed by atoms with Gasteiger partial charge in [0.1, 0.15) is 11.7 Å². The van der Waals surface area contributed by atoms with E-state index in [4.69, 9.17) is 9.47 Å². The number of rotatable bonds is 4. The maximum atomic E-state index is 13.3. The van der Waals surface area contributed by atoms with E-state index in [1.807, 2.05) is 62.5 Å². The number of likely N-dealkylation sites (tertiary alicyclic amines) is 1. The van der Waals surface area contributed by atoms with E-state index in [0.717, 1.165) is 10.1 Å². The van der Waals surface area contributed by atoms with Crippen LogP contribution in [0.3, 0.4) is 0 Å². The van der Waals surface area contributed by atoms with Gasteiger partial charge in [-0.25, -0.2) is 9.59 Å². The Labute approximate surface area is 195 Å². The molecule has 0 bridgehead atoms. The monoisotopic (exact) mass is 473 g/mol. The van der Waals surface area contributed by atoms with E-state index in [0.29, 0.717) is 35.7 Å². The molecule has 2 aromatic heterocycles. The molecule has 1 fully saturated rings. The number of nitrogens with zero attached hydrogens (tertiary/aromatic N) is 1. The fourth-order valence-electron chi connectivity index (χ4n) is 3.69. The van der Waals surface area contributed by atoms with Crippen molar-refractivity contribution >= 4 is 44.8 Å². The quantitative estimate of drug-likeness (QED) is 0.531. The number of thiophene rings is 2. The Bertz CT molecular complexity index is 1060. The normalized spacial score (nSPS) is 17.2. The molecular formula is C24H27NO5S2. The van der Waals surface area contributed by atoms with Crippen molar-refractivity contribution in [2.75, 3.05) is 13.1 Å². The lowest BCUT2D eigenvalue weighted by Gasteiger charge is -2.34. The van der Waals surface area contributed by atoms with Crippen LogP contribution in [0.25, 0.3) is 10.1 Å². The summed E-state index contributed by atoms with van der Waals surface area (Å²) in [5.74, 6) is -0.678. The van der Waals surface area contributed by atoms with Crippen LogP contribution < -0.4 is 0 Å². The molecule has 3 heterocycles. The Hall–Kier alpha value is -2.42. The van der Waals surface area contributed by atoms with E-state index in [1.54, 1.807) is 11.0 Å². The van der Waals surface area contributed by atoms with Gasteiger partial charge >= 0.3 is 12.1 Å². The Kier molecular flexibility index (Phi) is 6.29. The van der Waals surface area contributed by atoms with Gasteiger partial charge in [0.2, 0.25) is 5.60 Å². The van der Waals surface area contributed by atoms with Crippen LogP contribution in [0.5, 0.6) is 0 Å². The maximum absolute atomic E-state index is 13.3. The number of ether oxygens (including phenoxy) is 2. The van der Waals surface area contributed by atoms with Crippen LogP contribution in [0.15, 0.2) is 47.8 Å². The summed E-state index contributed by atoms with van der Waals surface area (Å²) in [7, 11) is 0. The topological polar surface area (TPSA) is 76.1 Å². The third-order valence-corrected chi connectivity index (χ3v) is 7.53. The summed E-state index contributed by atoms with van der Waals surface area (Å²) in [6.45, 7) is 6.37. The summed E-state index contributed by atoms with van der Waals surface area (Å²) in [6, 6.07) is 13.2. The first-order chi connectivity index (χ1) is 15.2. The number of carbonyl (C=O) groups excluding carboxylic acids is 2. The minimum Gasteiger partial charge on any atom is -0.460 e. The molecule has 32 heavy (non-hydrogen) atoms. The lowest BCUT2D eigenvalue weighted by atomic mass is 9.99. The number of fused-ring (bicyclic) bond motifs is 1. The molecule has 1 aliphatic heterocycles. The minimum atomic E-state index is -1.86. The molecule has 1 aromatic carbocycles. The van der Waals surface area contributed by atoms with Gasteiger partial charge in [-0.15, -0.1) is 22.7 Å². The lowest BCUT2D eigenvalue weighted by molar-refractivity contribution is -0.169. The molecule has 6 nitrogen and oxygen atoms in total. The van der Waals surface area contributed by atoms with E-state index in [9.17, 15) is 14.7 Å². The van der Waals surface area contributed by atoms with Crippen molar-refractivity contribution in [2.45, 2.75) is 50.9 Å². The fraction of sp³-hybridized carbons (Fsp3) is 0.417. The molecule has 0 saturated carbocycles. The van der Waals surface area contributed by atoms with Gasteiger partial charge in [0.15, 0.2) is 0 Å². The summed E-state index contributed by atoms with van der Waals surface area (Å²) in [5, 5.41) is 14.5. The number of hydrogen-bond acceptors (Lipinski definition) is 7. The van der Waals surface area contributed by atoms with Gasteiger partial charge in [-0.3, -0.25) is 0 Å². The zero-order valence-corrected chi connectivity index (χ0v) is 20.0. The molecule has 1 atom stereocenters. The van der Waals surface area contributed by atoms with E-state index < -0.39 is 17.2 Å². The number of amides is 1. The van der Waals surface area contributed by atoms with Crippen molar-refractivity contribution in [3.8, 4) is 0 Å². The van der Waals surface area contributed by atoms with E-state index >= 15 is 0 Å². The van der Waals surface area contributed by atoms with E-state index in [-0.39, 0.29) is 12.2 Å². The van der Waals surface area contributed by atoms with Crippen molar-refractivity contribution in [1.82, 2.24) is 4.90 Å². The first-order valence-electron chi connectivity index (χ1n) is 10.6. The Morgan fingerprint density at radius 1 is 1.06 bits per heavy atom. The van der Waals surface area contributed by atoms with Crippen LogP contribution >= 0.6 is 22.7 Å². The van der Waals surface area contributed by atoms with Crippen molar-refractivity contribution in [2.24, 2.45) is 0 Å². The molecule has 0 spiro atoms. The van der Waals surface area contributed by atoms with Crippen LogP contribution in [-0.4, -0.2) is 46.9 Å². The second-order valence-electron chi connectivity index (χ2n) is 8.91. The summed E-state index contributed by atoms with van der Waals surface area (Å²) < 4.78 is 12.2. The summed E-state index contributed by atoms with van der Waals surface area (Å²) in [6.07, 6.45) is 0.264. The third-order valence-electron chi connectivity index (χ3n) is 5.32. The van der Waals surface area contributed by atoms with Gasteiger partial charge in [0.25, 0.3) is 0 Å². The number of carbonyl (C=O) groups is 2. The van der Waals surface area contributed by atoms with Crippen LogP contribution in [0, 0.1) is 0 Å². The van der Waals surface area contributed by atoms with Gasteiger partial charge < -0.3 is 19.5 Å². The Balaban J connectivity index is 1.49. The summed E-state index contributed by atoms with van der Waals surface area (Å²) in [5.41, 5.74) is -2.41. The van der Waals surface area contributed by atoms with Crippen LogP contribution in [-0.2, 0) is 19.9 Å². The molecule has 3 aromatic rings. The molecular weight excluding hydrogens is 446 g/mol. The smallest absolute Gasteiger partial charge is 0.410 e. The highest BCUT2D eigenvalue weighted by atomic mass is 32.1. The molecule has 0 aliphatic carbocycles. The van der Waals surface area contributed by atoms with Crippen molar-refractivity contribution in [1.29, 1.82) is 0 Å². The van der Waals surface area contributed by atoms with Gasteiger partial charge in [0.05, 0.1) is 9.75 Å². The van der Waals surface area contributed by atoms with Crippen molar-refractivity contribution in [3.63, 3.8) is 0 Å². The second-order valence-corrected chi connectivity index (χ2v) is 10.9. The number of benzene rings is 1. The number of aliphatic hydroxyl groups is 1. The molecule has 8 heteroatoms. The lowest BCUT2D eigenvalue weighted by Crippen LogP contribution is -2.45. The first kappa shape index (κ1) is 22.8. The third kappa shape index (κ3) is 4.67. The Morgan fingerprint density at radius 2 is 1.78 bits per heavy atom. The van der Waals surface area contributed by atoms with Crippen molar-refractivity contribution < 1.29 is 24.2 Å². The molecule has 1 unspecified atom stereocenters. The van der Waals surface area contributed by atoms with Gasteiger partial charge in [-0.05, 0) is 49.7 Å². The Morgan fingerprint density at radius 3 is 2.41 bits per heavy atom.